The number of anilines is 1. The molecule has 1 amide bonds. The van der Waals surface area contributed by atoms with Gasteiger partial charge in [-0.05, 0) is 110 Å². The molecule has 0 aromatic heterocycles. The molecule has 1 spiro atoms. The number of methoxy groups -OCH3 is 1. The van der Waals surface area contributed by atoms with Gasteiger partial charge in [0.15, 0.2) is 0 Å². The van der Waals surface area contributed by atoms with Crippen LogP contribution in [0.15, 0.2) is 48.6 Å². The normalized spacial score (nSPS) is 33.5. The molecule has 6 atom stereocenters. The van der Waals surface area contributed by atoms with Crippen LogP contribution in [0.4, 0.5) is 5.69 Å². The molecule has 2 aromatic rings. The molecular weight excluding hydrogens is 608 g/mol. The first-order valence-electron chi connectivity index (χ1n) is 16.7. The van der Waals surface area contributed by atoms with Crippen LogP contribution in [-0.2, 0) is 26.6 Å². The molecule has 242 valence electrons. The standard InChI is InChI=1S/C36H45ClN2O5S/c1-23-5-3-7-32(43-2)29-13-10-27(29)20-39-21-36(16-4-6-25-18-28(37)12-14-30(25)36)22-44-33-15-11-26(19-31(33)39)35(40)38-45(41,42)34(23)17-24-8-9-24/h3,7,11-12,14-15,18-19,23-24,27,29,32,34H,4-6,8-10,13,16-17,20-22H2,1-2H3,(H,38,40)/b7-3-/t23-,27-,29+,32-,34-,36-/m0/s1. The van der Waals surface area contributed by atoms with Crippen molar-refractivity contribution in [1.29, 1.82) is 0 Å². The van der Waals surface area contributed by atoms with Gasteiger partial charge in [0.25, 0.3) is 5.91 Å². The van der Waals surface area contributed by atoms with Gasteiger partial charge in [-0.2, -0.15) is 0 Å². The van der Waals surface area contributed by atoms with E-state index < -0.39 is 21.2 Å². The average molecular weight is 653 g/mol. The van der Waals surface area contributed by atoms with Crippen molar-refractivity contribution in [1.82, 2.24) is 4.72 Å². The highest BCUT2D eigenvalue weighted by Crippen LogP contribution is 2.47. The number of amides is 1. The summed E-state index contributed by atoms with van der Waals surface area (Å²) in [5, 5.41) is 0.119. The lowest BCUT2D eigenvalue weighted by atomic mass is 9.68. The number of ether oxygens (including phenoxy) is 2. The first-order chi connectivity index (χ1) is 21.7. The lowest BCUT2D eigenvalue weighted by Crippen LogP contribution is -2.49. The molecule has 5 aliphatic rings. The summed E-state index contributed by atoms with van der Waals surface area (Å²) in [4.78, 5) is 16.1. The van der Waals surface area contributed by atoms with E-state index in [1.807, 2.05) is 25.1 Å². The number of fused-ring (bicyclic) bond motifs is 4. The predicted molar refractivity (Wildman–Crippen MR) is 178 cm³/mol. The van der Waals surface area contributed by atoms with Crippen LogP contribution in [0.2, 0.25) is 5.02 Å². The van der Waals surface area contributed by atoms with E-state index >= 15 is 0 Å². The Hall–Kier alpha value is -2.55. The van der Waals surface area contributed by atoms with Crippen molar-refractivity contribution < 1.29 is 22.7 Å². The highest BCUT2D eigenvalue weighted by Gasteiger charge is 2.45. The molecule has 9 heteroatoms. The van der Waals surface area contributed by atoms with Gasteiger partial charge in [0.1, 0.15) is 5.75 Å². The zero-order valence-corrected chi connectivity index (χ0v) is 27.9. The van der Waals surface area contributed by atoms with Crippen LogP contribution >= 0.6 is 11.6 Å². The molecule has 7 nitrogen and oxygen atoms in total. The number of nitrogens with one attached hydrogen (secondary N) is 1. The van der Waals surface area contributed by atoms with E-state index in [4.69, 9.17) is 21.1 Å². The maximum atomic E-state index is 13.8. The molecule has 45 heavy (non-hydrogen) atoms. The number of nitrogens with zero attached hydrogens (tertiary/aromatic N) is 1. The number of allylic oxidation sites excluding steroid dienone is 1. The number of sulfonamides is 1. The smallest absolute Gasteiger partial charge is 0.264 e. The maximum Gasteiger partial charge on any atom is 0.264 e. The van der Waals surface area contributed by atoms with Gasteiger partial charge in [-0.15, -0.1) is 0 Å². The van der Waals surface area contributed by atoms with Crippen LogP contribution in [-0.4, -0.2) is 52.5 Å². The largest absolute Gasteiger partial charge is 0.490 e. The van der Waals surface area contributed by atoms with Crippen LogP contribution < -0.4 is 14.4 Å². The lowest BCUT2D eigenvalue weighted by molar-refractivity contribution is 0.0131. The Balaban J connectivity index is 1.29. The molecule has 2 aliphatic heterocycles. The molecule has 0 saturated heterocycles. The molecular formula is C36H45ClN2O5S. The topological polar surface area (TPSA) is 84.9 Å². The Morgan fingerprint density at radius 1 is 1.13 bits per heavy atom. The van der Waals surface area contributed by atoms with Gasteiger partial charge in [0.2, 0.25) is 10.0 Å². The van der Waals surface area contributed by atoms with E-state index in [2.05, 4.69) is 33.9 Å². The van der Waals surface area contributed by atoms with E-state index in [9.17, 15) is 13.2 Å². The highest BCUT2D eigenvalue weighted by molar-refractivity contribution is 7.90. The third-order valence-electron chi connectivity index (χ3n) is 11.3. The maximum absolute atomic E-state index is 13.8. The number of hydrogen-bond donors (Lipinski definition) is 1. The third-order valence-corrected chi connectivity index (χ3v) is 13.4. The Morgan fingerprint density at radius 3 is 2.73 bits per heavy atom. The molecule has 2 fully saturated rings. The number of rotatable bonds is 3. The summed E-state index contributed by atoms with van der Waals surface area (Å²) in [5.74, 6) is 1.22. The zero-order chi connectivity index (χ0) is 31.3. The Bertz CT molecular complexity index is 1590. The second-order valence-corrected chi connectivity index (χ2v) is 16.7. The van der Waals surface area contributed by atoms with Gasteiger partial charge >= 0.3 is 0 Å². The average Bonchev–Trinajstić information content (AvgIpc) is 3.84. The summed E-state index contributed by atoms with van der Waals surface area (Å²) in [5.41, 5.74) is 3.53. The van der Waals surface area contributed by atoms with Crippen molar-refractivity contribution in [3.8, 4) is 5.75 Å². The number of halogens is 1. The quantitative estimate of drug-likeness (QED) is 0.373. The summed E-state index contributed by atoms with van der Waals surface area (Å²) >= 11 is 6.43. The van der Waals surface area contributed by atoms with Crippen LogP contribution in [0.3, 0.4) is 0 Å². The van der Waals surface area contributed by atoms with E-state index in [-0.39, 0.29) is 17.4 Å². The number of carbonyl (C=O) groups is 1. The summed E-state index contributed by atoms with van der Waals surface area (Å²) in [6.45, 7) is 4.07. The van der Waals surface area contributed by atoms with Gasteiger partial charge in [-0.1, -0.05) is 49.6 Å². The van der Waals surface area contributed by atoms with Gasteiger partial charge in [0.05, 0.1) is 23.6 Å². The molecule has 2 heterocycles. The minimum Gasteiger partial charge on any atom is -0.490 e. The van der Waals surface area contributed by atoms with Crippen molar-refractivity contribution >= 4 is 33.2 Å². The van der Waals surface area contributed by atoms with Crippen molar-refractivity contribution in [2.45, 2.75) is 81.5 Å². The zero-order valence-electron chi connectivity index (χ0n) is 26.3. The fraction of sp³-hybridized carbons (Fsp3) is 0.583. The van der Waals surface area contributed by atoms with Gasteiger partial charge in [-0.25, -0.2) is 13.1 Å². The number of carbonyl (C=O) groups excluding carboxylic acids is 1. The molecule has 7 rings (SSSR count). The second kappa shape index (κ2) is 12.2. The first kappa shape index (κ1) is 31.1. The summed E-state index contributed by atoms with van der Waals surface area (Å²) in [7, 11) is -2.12. The molecule has 2 saturated carbocycles. The first-order valence-corrected chi connectivity index (χ1v) is 18.6. The molecule has 3 aliphatic carbocycles. The van der Waals surface area contributed by atoms with Gasteiger partial charge in [-0.3, -0.25) is 4.79 Å². The van der Waals surface area contributed by atoms with Crippen molar-refractivity contribution in [3.05, 3.63) is 70.3 Å². The van der Waals surface area contributed by atoms with E-state index in [0.717, 1.165) is 74.5 Å². The molecule has 2 aromatic carbocycles. The third kappa shape index (κ3) is 6.15. The minimum absolute atomic E-state index is 0.0254. The Labute approximate surface area is 272 Å². The Kier molecular flexibility index (Phi) is 8.45. The van der Waals surface area contributed by atoms with E-state index in [0.29, 0.717) is 42.8 Å². The number of benzene rings is 2. The lowest BCUT2D eigenvalue weighted by Gasteiger charge is -2.46. The second-order valence-electron chi connectivity index (χ2n) is 14.3. The summed E-state index contributed by atoms with van der Waals surface area (Å²) < 4.78 is 42.7. The summed E-state index contributed by atoms with van der Waals surface area (Å²) in [6, 6.07) is 11.7. The van der Waals surface area contributed by atoms with Crippen molar-refractivity contribution in [3.63, 3.8) is 0 Å². The van der Waals surface area contributed by atoms with Gasteiger partial charge in [0, 0.05) is 36.2 Å². The predicted octanol–water partition coefficient (Wildman–Crippen LogP) is 6.68. The molecule has 2 bridgehead atoms. The SMILES string of the molecule is CO[C@H]1/C=C\C[C@H](C)[C@H](CC2CC2)S(=O)(=O)NC(=O)c2ccc3c(c2)N(C[C@@H]2CC[C@H]21)C[C@@]1(CCCc2cc(Cl)ccc21)CO3. The fourth-order valence-electron chi connectivity index (χ4n) is 8.38. The summed E-state index contributed by atoms with van der Waals surface area (Å²) in [6.07, 6.45) is 12.8. The molecule has 1 N–H and O–H groups in total. The minimum atomic E-state index is -3.90. The van der Waals surface area contributed by atoms with Crippen LogP contribution in [0.1, 0.15) is 79.8 Å². The van der Waals surface area contributed by atoms with Crippen molar-refractivity contribution in [2.75, 3.05) is 31.7 Å². The van der Waals surface area contributed by atoms with Gasteiger partial charge < -0.3 is 14.4 Å². The van der Waals surface area contributed by atoms with Crippen molar-refractivity contribution in [2.24, 2.45) is 23.7 Å². The van der Waals surface area contributed by atoms with Crippen LogP contribution in [0, 0.1) is 23.7 Å². The number of hydrogen-bond acceptors (Lipinski definition) is 6. The fourth-order valence-corrected chi connectivity index (χ4v) is 10.3. The monoisotopic (exact) mass is 652 g/mol. The van der Waals surface area contributed by atoms with E-state index in [1.54, 1.807) is 13.2 Å². The van der Waals surface area contributed by atoms with E-state index in [1.165, 1.54) is 11.1 Å². The van der Waals surface area contributed by atoms with Crippen LogP contribution in [0.5, 0.6) is 5.75 Å². The molecule has 0 unspecified atom stereocenters. The molecule has 0 radical (unpaired) electrons. The Morgan fingerprint density at radius 2 is 1.98 bits per heavy atom. The van der Waals surface area contributed by atoms with Crippen LogP contribution in [0.25, 0.3) is 0 Å². The number of aryl methyl sites for hydroxylation is 1. The highest BCUT2D eigenvalue weighted by atomic mass is 35.5.